The van der Waals surface area contributed by atoms with Crippen LogP contribution in [0.25, 0.3) is 0 Å². The van der Waals surface area contributed by atoms with Crippen LogP contribution in [0.4, 0.5) is 5.69 Å². The smallest absolute Gasteiger partial charge is 0.227 e. The third-order valence-corrected chi connectivity index (χ3v) is 5.50. The quantitative estimate of drug-likeness (QED) is 0.893. The molecule has 1 aromatic carbocycles. The van der Waals surface area contributed by atoms with Crippen LogP contribution in [0.2, 0.25) is 0 Å². The Morgan fingerprint density at radius 2 is 1.67 bits per heavy atom. The zero-order valence-electron chi connectivity index (χ0n) is 14.4. The molecule has 1 aromatic rings. The number of rotatable bonds is 5. The first-order chi connectivity index (χ1) is 11.7. The van der Waals surface area contributed by atoms with Crippen molar-refractivity contribution in [3.05, 3.63) is 30.3 Å². The maximum Gasteiger partial charge on any atom is 0.227 e. The van der Waals surface area contributed by atoms with Gasteiger partial charge in [0.05, 0.1) is 0 Å². The van der Waals surface area contributed by atoms with Crippen LogP contribution in [0.1, 0.15) is 51.4 Å². The summed E-state index contributed by atoms with van der Waals surface area (Å²) in [5.74, 6) is 1.15. The molecule has 0 atom stereocenters. The second-order valence-corrected chi connectivity index (χ2v) is 7.20. The topological polar surface area (TPSA) is 49.4 Å². The van der Waals surface area contributed by atoms with Crippen molar-refractivity contribution >= 4 is 17.5 Å². The van der Waals surface area contributed by atoms with Gasteiger partial charge >= 0.3 is 0 Å². The Hall–Kier alpha value is -1.84. The number of nitrogens with one attached hydrogen (secondary N) is 1. The molecule has 0 radical (unpaired) electrons. The molecule has 3 rings (SSSR count). The zero-order chi connectivity index (χ0) is 16.8. The number of carbonyl (C=O) groups is 2. The maximum atomic E-state index is 12.3. The van der Waals surface area contributed by atoms with Gasteiger partial charge in [0.25, 0.3) is 0 Å². The standard InChI is InChI=1S/C20H28N2O2/c23-19(11-10-16-6-4-5-7-16)22-14-12-17(13-15-22)20(24)21-18-8-2-1-3-9-18/h1-3,8-9,16-17H,4-7,10-15H2,(H,21,24). The van der Waals surface area contributed by atoms with Crippen LogP contribution in [0.15, 0.2) is 30.3 Å². The molecule has 1 N–H and O–H groups in total. The number of likely N-dealkylation sites (tertiary alicyclic amines) is 1. The fourth-order valence-electron chi connectivity index (χ4n) is 3.94. The molecular weight excluding hydrogens is 300 g/mol. The summed E-state index contributed by atoms with van der Waals surface area (Å²) < 4.78 is 0. The number of hydrogen-bond donors (Lipinski definition) is 1. The SMILES string of the molecule is O=C(Nc1ccccc1)C1CCN(C(=O)CCC2CCCC2)CC1. The summed E-state index contributed by atoms with van der Waals surface area (Å²) in [5.41, 5.74) is 0.845. The molecule has 1 heterocycles. The lowest BCUT2D eigenvalue weighted by Crippen LogP contribution is -2.41. The van der Waals surface area contributed by atoms with E-state index >= 15 is 0 Å². The Morgan fingerprint density at radius 3 is 2.33 bits per heavy atom. The molecule has 1 saturated heterocycles. The number of benzene rings is 1. The Balaban J connectivity index is 1.40. The van der Waals surface area contributed by atoms with Gasteiger partial charge < -0.3 is 10.2 Å². The van der Waals surface area contributed by atoms with Gasteiger partial charge in [-0.3, -0.25) is 9.59 Å². The van der Waals surface area contributed by atoms with E-state index in [1.165, 1.54) is 25.7 Å². The highest BCUT2D eigenvalue weighted by molar-refractivity contribution is 5.92. The highest BCUT2D eigenvalue weighted by Crippen LogP contribution is 2.29. The van der Waals surface area contributed by atoms with Gasteiger partial charge in [-0.05, 0) is 37.3 Å². The average molecular weight is 328 g/mol. The fraction of sp³-hybridized carbons (Fsp3) is 0.600. The van der Waals surface area contributed by atoms with E-state index in [1.807, 2.05) is 35.2 Å². The van der Waals surface area contributed by atoms with Gasteiger partial charge in [0.1, 0.15) is 0 Å². The van der Waals surface area contributed by atoms with Crippen molar-refractivity contribution in [3.8, 4) is 0 Å². The summed E-state index contributed by atoms with van der Waals surface area (Å²) in [4.78, 5) is 26.6. The lowest BCUT2D eigenvalue weighted by molar-refractivity contribution is -0.134. The van der Waals surface area contributed by atoms with Gasteiger partial charge in [-0.15, -0.1) is 0 Å². The van der Waals surface area contributed by atoms with E-state index in [-0.39, 0.29) is 17.7 Å². The molecule has 0 unspecified atom stereocenters. The number of piperidine rings is 1. The molecule has 24 heavy (non-hydrogen) atoms. The molecule has 1 aliphatic heterocycles. The van der Waals surface area contributed by atoms with Crippen molar-refractivity contribution in [1.82, 2.24) is 4.90 Å². The average Bonchev–Trinajstić information content (AvgIpc) is 3.14. The van der Waals surface area contributed by atoms with E-state index in [9.17, 15) is 9.59 Å². The highest BCUT2D eigenvalue weighted by atomic mass is 16.2. The van der Waals surface area contributed by atoms with Crippen LogP contribution in [0.3, 0.4) is 0 Å². The normalized spacial score (nSPS) is 19.4. The van der Waals surface area contributed by atoms with Crippen LogP contribution in [-0.4, -0.2) is 29.8 Å². The summed E-state index contributed by atoms with van der Waals surface area (Å²) in [7, 11) is 0. The van der Waals surface area contributed by atoms with Crippen molar-refractivity contribution in [2.75, 3.05) is 18.4 Å². The Morgan fingerprint density at radius 1 is 1.00 bits per heavy atom. The minimum absolute atomic E-state index is 0.0177. The van der Waals surface area contributed by atoms with Crippen molar-refractivity contribution in [2.24, 2.45) is 11.8 Å². The first kappa shape index (κ1) is 17.0. The Labute approximate surface area is 144 Å². The number of anilines is 1. The van der Waals surface area contributed by atoms with Crippen LogP contribution >= 0.6 is 0 Å². The van der Waals surface area contributed by atoms with Crippen LogP contribution < -0.4 is 5.32 Å². The van der Waals surface area contributed by atoms with E-state index in [0.717, 1.165) is 44.0 Å². The lowest BCUT2D eigenvalue weighted by atomic mass is 9.95. The molecule has 0 spiro atoms. The van der Waals surface area contributed by atoms with Crippen molar-refractivity contribution < 1.29 is 9.59 Å². The van der Waals surface area contributed by atoms with Crippen molar-refractivity contribution in [2.45, 2.75) is 51.4 Å². The predicted molar refractivity (Wildman–Crippen MR) is 95.6 cm³/mol. The summed E-state index contributed by atoms with van der Waals surface area (Å²) >= 11 is 0. The van der Waals surface area contributed by atoms with Crippen LogP contribution in [-0.2, 0) is 9.59 Å². The number of hydrogen-bond acceptors (Lipinski definition) is 2. The number of para-hydroxylation sites is 1. The summed E-state index contributed by atoms with van der Waals surface area (Å²) in [6.45, 7) is 1.44. The largest absolute Gasteiger partial charge is 0.343 e. The monoisotopic (exact) mass is 328 g/mol. The van der Waals surface area contributed by atoms with E-state index in [1.54, 1.807) is 0 Å². The van der Waals surface area contributed by atoms with Gasteiger partial charge in [0.15, 0.2) is 0 Å². The van der Waals surface area contributed by atoms with Crippen molar-refractivity contribution in [1.29, 1.82) is 0 Å². The van der Waals surface area contributed by atoms with E-state index < -0.39 is 0 Å². The lowest BCUT2D eigenvalue weighted by Gasteiger charge is -2.31. The van der Waals surface area contributed by atoms with E-state index in [4.69, 9.17) is 0 Å². The number of amides is 2. The Kier molecular flexibility index (Phi) is 5.89. The molecule has 130 valence electrons. The summed E-state index contributed by atoms with van der Waals surface area (Å²) in [6.07, 6.45) is 8.55. The molecule has 2 amide bonds. The Bertz CT molecular complexity index is 544. The first-order valence-corrected chi connectivity index (χ1v) is 9.36. The molecule has 1 aliphatic carbocycles. The van der Waals surface area contributed by atoms with Gasteiger partial charge in [-0.25, -0.2) is 0 Å². The molecule has 2 aliphatic rings. The maximum absolute atomic E-state index is 12.3. The summed E-state index contributed by atoms with van der Waals surface area (Å²) in [5, 5.41) is 2.98. The highest BCUT2D eigenvalue weighted by Gasteiger charge is 2.27. The molecule has 0 bridgehead atoms. The molecular formula is C20H28N2O2. The number of nitrogens with zero attached hydrogens (tertiary/aromatic N) is 1. The minimum Gasteiger partial charge on any atom is -0.343 e. The van der Waals surface area contributed by atoms with E-state index in [2.05, 4.69) is 5.32 Å². The second-order valence-electron chi connectivity index (χ2n) is 7.20. The molecule has 2 fully saturated rings. The third kappa shape index (κ3) is 4.59. The number of carbonyl (C=O) groups excluding carboxylic acids is 2. The van der Waals surface area contributed by atoms with Gasteiger partial charge in [0.2, 0.25) is 11.8 Å². The first-order valence-electron chi connectivity index (χ1n) is 9.36. The van der Waals surface area contributed by atoms with Crippen LogP contribution in [0.5, 0.6) is 0 Å². The van der Waals surface area contributed by atoms with Gasteiger partial charge in [-0.2, -0.15) is 0 Å². The fourth-order valence-corrected chi connectivity index (χ4v) is 3.94. The summed E-state index contributed by atoms with van der Waals surface area (Å²) in [6, 6.07) is 9.58. The van der Waals surface area contributed by atoms with Crippen molar-refractivity contribution in [3.63, 3.8) is 0 Å². The molecule has 4 nitrogen and oxygen atoms in total. The molecule has 0 aromatic heterocycles. The minimum atomic E-state index is 0.0177. The second kappa shape index (κ2) is 8.32. The third-order valence-electron chi connectivity index (χ3n) is 5.50. The zero-order valence-corrected chi connectivity index (χ0v) is 14.4. The van der Waals surface area contributed by atoms with E-state index in [0.29, 0.717) is 6.42 Å². The predicted octanol–water partition coefficient (Wildman–Crippen LogP) is 3.83. The van der Waals surface area contributed by atoms with Gasteiger partial charge in [-0.1, -0.05) is 43.9 Å². The molecule has 4 heteroatoms. The van der Waals surface area contributed by atoms with Crippen LogP contribution in [0, 0.1) is 11.8 Å². The van der Waals surface area contributed by atoms with Gasteiger partial charge in [0, 0.05) is 31.1 Å². The molecule has 1 saturated carbocycles.